The van der Waals surface area contributed by atoms with E-state index in [1.807, 2.05) is 39.0 Å². The monoisotopic (exact) mass is 268 g/mol. The van der Waals surface area contributed by atoms with E-state index in [-0.39, 0.29) is 11.4 Å². The molecule has 3 nitrogen and oxygen atoms in total. The summed E-state index contributed by atoms with van der Waals surface area (Å²) in [5, 5.41) is 3.65. The third-order valence-corrected chi connectivity index (χ3v) is 3.27. The molecular formula is C14H21ClN2O. The van der Waals surface area contributed by atoms with Gasteiger partial charge in [0, 0.05) is 23.5 Å². The van der Waals surface area contributed by atoms with Gasteiger partial charge in [0.15, 0.2) is 0 Å². The minimum absolute atomic E-state index is 0.0159. The van der Waals surface area contributed by atoms with Crippen molar-refractivity contribution in [1.29, 1.82) is 0 Å². The average molecular weight is 269 g/mol. The molecule has 0 aromatic heterocycles. The minimum atomic E-state index is -0.345. The number of hydrogen-bond donors (Lipinski definition) is 2. The number of carbonyl (C=O) groups is 1. The number of aryl methyl sites for hydroxylation is 2. The van der Waals surface area contributed by atoms with Gasteiger partial charge < -0.3 is 11.1 Å². The van der Waals surface area contributed by atoms with Crippen molar-refractivity contribution in [3.63, 3.8) is 0 Å². The fraction of sp³-hybridized carbons (Fsp3) is 0.500. The third-order valence-electron chi connectivity index (χ3n) is 2.87. The lowest BCUT2D eigenvalue weighted by atomic mass is 10.0. The summed E-state index contributed by atoms with van der Waals surface area (Å²) in [5.74, 6) is 0.0159. The van der Waals surface area contributed by atoms with Gasteiger partial charge in [0.25, 0.3) is 0 Å². The minimum Gasteiger partial charge on any atom is -0.350 e. The van der Waals surface area contributed by atoms with E-state index >= 15 is 0 Å². The molecule has 4 heteroatoms. The van der Waals surface area contributed by atoms with Crippen molar-refractivity contribution in [2.75, 3.05) is 6.54 Å². The highest BCUT2D eigenvalue weighted by atomic mass is 35.5. The summed E-state index contributed by atoms with van der Waals surface area (Å²) >= 11 is 6.04. The molecule has 0 aliphatic carbocycles. The smallest absolute Gasteiger partial charge is 0.220 e. The number of rotatable bonds is 5. The molecule has 1 rings (SSSR count). The van der Waals surface area contributed by atoms with Gasteiger partial charge >= 0.3 is 0 Å². The summed E-state index contributed by atoms with van der Waals surface area (Å²) in [6.45, 7) is 6.21. The van der Waals surface area contributed by atoms with Crippen molar-refractivity contribution >= 4 is 17.5 Å². The molecule has 0 fully saturated rings. The number of benzene rings is 1. The first kappa shape index (κ1) is 15.0. The highest BCUT2D eigenvalue weighted by molar-refractivity contribution is 6.31. The van der Waals surface area contributed by atoms with Crippen LogP contribution in [0.5, 0.6) is 0 Å². The van der Waals surface area contributed by atoms with E-state index < -0.39 is 0 Å². The lowest BCUT2D eigenvalue weighted by Crippen LogP contribution is -2.48. The van der Waals surface area contributed by atoms with Crippen LogP contribution in [-0.2, 0) is 11.2 Å². The van der Waals surface area contributed by atoms with Gasteiger partial charge in [-0.3, -0.25) is 4.79 Å². The second kappa shape index (κ2) is 6.21. The molecule has 100 valence electrons. The quantitative estimate of drug-likeness (QED) is 0.862. The van der Waals surface area contributed by atoms with Crippen LogP contribution in [0.25, 0.3) is 0 Å². The normalized spacial score (nSPS) is 11.4. The summed E-state index contributed by atoms with van der Waals surface area (Å²) in [6, 6.07) is 5.89. The second-order valence-electron chi connectivity index (χ2n) is 5.22. The van der Waals surface area contributed by atoms with Crippen LogP contribution in [0, 0.1) is 6.92 Å². The standard InChI is InChI=1S/C14H21ClN2O/c1-10-4-5-11(8-12(10)15)6-7-13(18)17-14(2,3)9-16/h4-5,8H,6-7,9,16H2,1-3H3,(H,17,18). The topological polar surface area (TPSA) is 55.1 Å². The van der Waals surface area contributed by atoms with Gasteiger partial charge in [-0.25, -0.2) is 0 Å². The Morgan fingerprint density at radius 3 is 2.67 bits per heavy atom. The van der Waals surface area contributed by atoms with Crippen LogP contribution in [-0.4, -0.2) is 18.0 Å². The number of halogens is 1. The van der Waals surface area contributed by atoms with Gasteiger partial charge in [0.05, 0.1) is 0 Å². The van der Waals surface area contributed by atoms with Crippen LogP contribution in [0.2, 0.25) is 5.02 Å². The first-order chi connectivity index (χ1) is 8.34. The molecule has 0 aliphatic heterocycles. The van der Waals surface area contributed by atoms with E-state index in [0.717, 1.165) is 16.1 Å². The maximum Gasteiger partial charge on any atom is 0.220 e. The summed E-state index contributed by atoms with van der Waals surface area (Å²) in [6.07, 6.45) is 1.13. The molecule has 1 aromatic rings. The molecule has 1 amide bonds. The Kier molecular flexibility index (Phi) is 5.17. The van der Waals surface area contributed by atoms with Crippen molar-refractivity contribution in [2.45, 2.75) is 39.2 Å². The van der Waals surface area contributed by atoms with Gasteiger partial charge in [0.1, 0.15) is 0 Å². The molecule has 1 aromatic carbocycles. The first-order valence-corrected chi connectivity index (χ1v) is 6.48. The van der Waals surface area contributed by atoms with E-state index in [9.17, 15) is 4.79 Å². The van der Waals surface area contributed by atoms with Gasteiger partial charge in [-0.1, -0.05) is 23.7 Å². The van der Waals surface area contributed by atoms with Crippen LogP contribution in [0.1, 0.15) is 31.4 Å². The van der Waals surface area contributed by atoms with E-state index in [1.165, 1.54) is 0 Å². The van der Waals surface area contributed by atoms with Crippen molar-refractivity contribution < 1.29 is 4.79 Å². The fourth-order valence-corrected chi connectivity index (χ4v) is 1.74. The zero-order valence-corrected chi connectivity index (χ0v) is 12.0. The Morgan fingerprint density at radius 2 is 2.11 bits per heavy atom. The van der Waals surface area contributed by atoms with Crippen LogP contribution < -0.4 is 11.1 Å². The van der Waals surface area contributed by atoms with Gasteiger partial charge in [-0.15, -0.1) is 0 Å². The third kappa shape index (κ3) is 4.67. The predicted molar refractivity (Wildman–Crippen MR) is 75.8 cm³/mol. The van der Waals surface area contributed by atoms with Crippen LogP contribution in [0.15, 0.2) is 18.2 Å². The molecule has 0 heterocycles. The molecule has 0 atom stereocenters. The largest absolute Gasteiger partial charge is 0.350 e. The Hall–Kier alpha value is -1.06. The summed E-state index contributed by atoms with van der Waals surface area (Å²) in [7, 11) is 0. The molecule has 0 spiro atoms. The van der Waals surface area contributed by atoms with E-state index in [4.69, 9.17) is 17.3 Å². The Bertz CT molecular complexity index is 430. The Labute approximate surface area is 114 Å². The van der Waals surface area contributed by atoms with Crippen LogP contribution in [0.3, 0.4) is 0 Å². The highest BCUT2D eigenvalue weighted by Crippen LogP contribution is 2.17. The molecule has 0 aliphatic rings. The lowest BCUT2D eigenvalue weighted by molar-refractivity contribution is -0.122. The SMILES string of the molecule is Cc1ccc(CCC(=O)NC(C)(C)CN)cc1Cl. The maximum absolute atomic E-state index is 11.7. The maximum atomic E-state index is 11.7. The van der Waals surface area contributed by atoms with Crippen LogP contribution in [0.4, 0.5) is 0 Å². The van der Waals surface area contributed by atoms with Crippen molar-refractivity contribution in [3.8, 4) is 0 Å². The Morgan fingerprint density at radius 1 is 1.44 bits per heavy atom. The van der Waals surface area contributed by atoms with E-state index in [0.29, 0.717) is 19.4 Å². The van der Waals surface area contributed by atoms with Crippen LogP contribution >= 0.6 is 11.6 Å². The van der Waals surface area contributed by atoms with Crippen molar-refractivity contribution in [2.24, 2.45) is 5.73 Å². The average Bonchev–Trinajstić information content (AvgIpc) is 2.30. The number of hydrogen-bond acceptors (Lipinski definition) is 2. The molecule has 0 radical (unpaired) electrons. The summed E-state index contributed by atoms with van der Waals surface area (Å²) < 4.78 is 0. The van der Waals surface area contributed by atoms with Gasteiger partial charge in [-0.05, 0) is 44.4 Å². The summed E-state index contributed by atoms with van der Waals surface area (Å²) in [4.78, 5) is 11.7. The number of nitrogens with two attached hydrogens (primary N) is 1. The zero-order chi connectivity index (χ0) is 13.8. The van der Waals surface area contributed by atoms with E-state index in [1.54, 1.807) is 0 Å². The van der Waals surface area contributed by atoms with E-state index in [2.05, 4.69) is 5.32 Å². The highest BCUT2D eigenvalue weighted by Gasteiger charge is 2.17. The fourth-order valence-electron chi connectivity index (χ4n) is 1.54. The molecule has 0 saturated heterocycles. The second-order valence-corrected chi connectivity index (χ2v) is 5.63. The molecule has 0 bridgehead atoms. The first-order valence-electron chi connectivity index (χ1n) is 6.10. The number of nitrogens with one attached hydrogen (secondary N) is 1. The molecule has 0 saturated carbocycles. The van der Waals surface area contributed by atoms with Crippen molar-refractivity contribution in [1.82, 2.24) is 5.32 Å². The van der Waals surface area contributed by atoms with Crippen molar-refractivity contribution in [3.05, 3.63) is 34.3 Å². The summed E-state index contributed by atoms with van der Waals surface area (Å²) in [5.41, 5.74) is 7.35. The van der Waals surface area contributed by atoms with Gasteiger partial charge in [0.2, 0.25) is 5.91 Å². The number of amides is 1. The molecule has 0 unspecified atom stereocenters. The van der Waals surface area contributed by atoms with Gasteiger partial charge in [-0.2, -0.15) is 0 Å². The molecular weight excluding hydrogens is 248 g/mol. The molecule has 18 heavy (non-hydrogen) atoms. The molecule has 3 N–H and O–H groups in total. The Balaban J connectivity index is 2.50. The lowest BCUT2D eigenvalue weighted by Gasteiger charge is -2.24. The zero-order valence-electron chi connectivity index (χ0n) is 11.2. The predicted octanol–water partition coefficient (Wildman–Crippen LogP) is 2.43. The number of carbonyl (C=O) groups excluding carboxylic acids is 1.